The molecule has 0 aromatic heterocycles. The molecule has 0 saturated carbocycles. The molecule has 1 saturated heterocycles. The van der Waals surface area contributed by atoms with Gasteiger partial charge in [-0.15, -0.1) is 0 Å². The molecule has 1 heterocycles. The second kappa shape index (κ2) is 5.33. The maximum Gasteiger partial charge on any atom is 0.0205 e. The monoisotopic (exact) mass is 227 g/mol. The van der Waals surface area contributed by atoms with Crippen molar-refractivity contribution in [2.75, 3.05) is 13.1 Å². The highest BCUT2D eigenvalue weighted by Gasteiger charge is 2.08. The van der Waals surface area contributed by atoms with Crippen LogP contribution in [0.15, 0.2) is 34.4 Å². The summed E-state index contributed by atoms with van der Waals surface area (Å²) in [6.45, 7) is 4.20. The van der Waals surface area contributed by atoms with Crippen molar-refractivity contribution in [2.45, 2.75) is 13.3 Å². The molecule has 0 radical (unpaired) electrons. The van der Waals surface area contributed by atoms with Crippen LogP contribution < -0.4 is 5.32 Å². The predicted octanol–water partition coefficient (Wildman–Crippen LogP) is 2.76. The summed E-state index contributed by atoms with van der Waals surface area (Å²) in [6, 6.07) is 0. The number of hydrogen-bond donors (Lipinski definition) is 1. The van der Waals surface area contributed by atoms with E-state index >= 15 is 0 Å². The molecule has 1 aliphatic rings. The highest BCUT2D eigenvalue weighted by molar-refractivity contribution is 9.11. The van der Waals surface area contributed by atoms with Gasteiger partial charge in [-0.2, -0.15) is 0 Å². The molecule has 0 spiro atoms. The van der Waals surface area contributed by atoms with Crippen LogP contribution in [-0.4, -0.2) is 13.1 Å². The maximum absolute atomic E-state index is 3.35. The number of allylic oxidation sites excluding steroid dienone is 3. The van der Waals surface area contributed by atoms with Gasteiger partial charge in [-0.1, -0.05) is 34.2 Å². The van der Waals surface area contributed by atoms with Crippen LogP contribution in [0.1, 0.15) is 13.3 Å². The molecular weight excluding hydrogens is 214 g/mol. The van der Waals surface area contributed by atoms with E-state index in [1.54, 1.807) is 0 Å². The van der Waals surface area contributed by atoms with E-state index in [0.29, 0.717) is 0 Å². The van der Waals surface area contributed by atoms with Gasteiger partial charge in [-0.3, -0.25) is 0 Å². The molecule has 0 aromatic rings. The van der Waals surface area contributed by atoms with Gasteiger partial charge in [0.25, 0.3) is 0 Å². The quantitative estimate of drug-likeness (QED) is 0.727. The van der Waals surface area contributed by atoms with E-state index < -0.39 is 0 Å². The first kappa shape index (κ1) is 9.75. The molecule has 66 valence electrons. The van der Waals surface area contributed by atoms with Crippen LogP contribution in [0.25, 0.3) is 0 Å². The van der Waals surface area contributed by atoms with E-state index in [0.717, 1.165) is 19.5 Å². The Labute approximate surface area is 82.4 Å². The molecule has 1 rings (SSSR count). The first-order valence-corrected chi connectivity index (χ1v) is 5.12. The van der Waals surface area contributed by atoms with Crippen molar-refractivity contribution < 1.29 is 0 Å². The molecule has 0 aliphatic carbocycles. The first-order valence-electron chi connectivity index (χ1n) is 4.20. The Morgan fingerprint density at radius 2 is 2.25 bits per heavy atom. The average Bonchev–Trinajstić information content (AvgIpc) is 2.15. The van der Waals surface area contributed by atoms with Crippen molar-refractivity contribution in [1.29, 1.82) is 0 Å². The van der Waals surface area contributed by atoms with Crippen molar-refractivity contribution in [2.24, 2.45) is 0 Å². The SMILES string of the molecule is C/C=C1/CNCC/C1=C/C=C/Br. The second-order valence-corrected chi connectivity index (χ2v) is 3.28. The largest absolute Gasteiger partial charge is 0.312 e. The minimum atomic E-state index is 1.01. The molecule has 0 bridgehead atoms. The van der Waals surface area contributed by atoms with E-state index in [-0.39, 0.29) is 0 Å². The zero-order valence-corrected chi connectivity index (χ0v) is 8.89. The Bertz CT molecular complexity index is 226. The fourth-order valence-corrected chi connectivity index (χ4v) is 1.50. The van der Waals surface area contributed by atoms with Crippen LogP contribution in [0.3, 0.4) is 0 Å². The molecule has 0 aromatic carbocycles. The molecule has 1 N–H and O–H groups in total. The Hall–Kier alpha value is -0.340. The summed E-state index contributed by atoms with van der Waals surface area (Å²) in [5.41, 5.74) is 2.87. The summed E-state index contributed by atoms with van der Waals surface area (Å²) in [5.74, 6) is 0. The number of halogens is 1. The van der Waals surface area contributed by atoms with Crippen molar-refractivity contribution in [3.63, 3.8) is 0 Å². The van der Waals surface area contributed by atoms with Crippen LogP contribution in [0.2, 0.25) is 0 Å². The standard InChI is InChI=1S/C10H14BrN/c1-2-9-8-12-7-5-10(9)4-3-6-11/h2-4,6,12H,5,7-8H2,1H3/b6-3+,9-2-,10-4-. The van der Waals surface area contributed by atoms with Gasteiger partial charge >= 0.3 is 0 Å². The van der Waals surface area contributed by atoms with Gasteiger partial charge in [0, 0.05) is 6.54 Å². The van der Waals surface area contributed by atoms with E-state index in [1.165, 1.54) is 11.1 Å². The Morgan fingerprint density at radius 1 is 1.42 bits per heavy atom. The number of rotatable bonds is 1. The lowest BCUT2D eigenvalue weighted by Crippen LogP contribution is -2.25. The molecule has 0 amide bonds. The van der Waals surface area contributed by atoms with E-state index in [4.69, 9.17) is 0 Å². The summed E-state index contributed by atoms with van der Waals surface area (Å²) in [4.78, 5) is 1.88. The lowest BCUT2D eigenvalue weighted by atomic mass is 9.99. The van der Waals surface area contributed by atoms with Crippen molar-refractivity contribution in [3.8, 4) is 0 Å². The number of hydrogen-bond acceptors (Lipinski definition) is 1. The van der Waals surface area contributed by atoms with E-state index in [2.05, 4.69) is 40.3 Å². The van der Waals surface area contributed by atoms with Gasteiger partial charge in [0.15, 0.2) is 0 Å². The zero-order valence-electron chi connectivity index (χ0n) is 7.31. The molecule has 1 nitrogen and oxygen atoms in total. The minimum absolute atomic E-state index is 1.01. The van der Waals surface area contributed by atoms with Gasteiger partial charge in [-0.05, 0) is 36.0 Å². The van der Waals surface area contributed by atoms with E-state index in [1.807, 2.05) is 11.1 Å². The highest BCUT2D eigenvalue weighted by atomic mass is 79.9. The molecule has 12 heavy (non-hydrogen) atoms. The summed E-state index contributed by atoms with van der Waals surface area (Å²) in [6.07, 6.45) is 7.52. The molecule has 1 aliphatic heterocycles. The van der Waals surface area contributed by atoms with Crippen LogP contribution in [0.4, 0.5) is 0 Å². The Morgan fingerprint density at radius 3 is 2.92 bits per heavy atom. The van der Waals surface area contributed by atoms with Crippen molar-refractivity contribution in [1.82, 2.24) is 5.32 Å². The van der Waals surface area contributed by atoms with Gasteiger partial charge in [0.1, 0.15) is 0 Å². The molecule has 1 fully saturated rings. The summed E-state index contributed by atoms with van der Waals surface area (Å²) in [7, 11) is 0. The Balaban J connectivity index is 2.71. The normalized spacial score (nSPS) is 25.8. The zero-order chi connectivity index (χ0) is 8.81. The maximum atomic E-state index is 3.35. The fourth-order valence-electron chi connectivity index (χ4n) is 1.35. The van der Waals surface area contributed by atoms with Crippen molar-refractivity contribution >= 4 is 15.9 Å². The first-order chi connectivity index (χ1) is 5.88. The minimum Gasteiger partial charge on any atom is -0.312 e. The number of nitrogens with one attached hydrogen (secondary N) is 1. The topological polar surface area (TPSA) is 12.0 Å². The molecule has 0 unspecified atom stereocenters. The van der Waals surface area contributed by atoms with Gasteiger partial charge in [0.2, 0.25) is 0 Å². The Kier molecular flexibility index (Phi) is 4.33. The third-order valence-corrected chi connectivity index (χ3v) is 2.32. The third kappa shape index (κ3) is 2.61. The van der Waals surface area contributed by atoms with E-state index in [9.17, 15) is 0 Å². The van der Waals surface area contributed by atoms with Gasteiger partial charge in [0.05, 0.1) is 0 Å². The molecule has 2 heteroatoms. The summed E-state index contributed by atoms with van der Waals surface area (Å²) < 4.78 is 0. The second-order valence-electron chi connectivity index (χ2n) is 2.75. The third-order valence-electron chi connectivity index (χ3n) is 2.02. The van der Waals surface area contributed by atoms with Gasteiger partial charge in [-0.25, -0.2) is 0 Å². The number of piperidine rings is 1. The van der Waals surface area contributed by atoms with Crippen LogP contribution in [0, 0.1) is 0 Å². The predicted molar refractivity (Wildman–Crippen MR) is 57.4 cm³/mol. The lowest BCUT2D eigenvalue weighted by Gasteiger charge is -2.18. The summed E-state index contributed by atoms with van der Waals surface area (Å²) >= 11 is 3.26. The average molecular weight is 228 g/mol. The smallest absolute Gasteiger partial charge is 0.0205 e. The van der Waals surface area contributed by atoms with Gasteiger partial charge < -0.3 is 5.32 Å². The molecule has 0 atom stereocenters. The summed E-state index contributed by atoms with van der Waals surface area (Å²) in [5, 5.41) is 3.35. The van der Waals surface area contributed by atoms with Crippen LogP contribution in [-0.2, 0) is 0 Å². The van der Waals surface area contributed by atoms with Crippen molar-refractivity contribution in [3.05, 3.63) is 34.4 Å². The van der Waals surface area contributed by atoms with Crippen LogP contribution >= 0.6 is 15.9 Å². The molecular formula is C10H14BrN. The van der Waals surface area contributed by atoms with Crippen LogP contribution in [0.5, 0.6) is 0 Å². The highest BCUT2D eigenvalue weighted by Crippen LogP contribution is 2.16. The fraction of sp³-hybridized carbons (Fsp3) is 0.400. The lowest BCUT2D eigenvalue weighted by molar-refractivity contribution is 0.682.